The van der Waals surface area contributed by atoms with E-state index < -0.39 is 28.5 Å². The van der Waals surface area contributed by atoms with Crippen LogP contribution in [0.3, 0.4) is 0 Å². The van der Waals surface area contributed by atoms with Crippen LogP contribution in [0.15, 0.2) is 89.8 Å². The van der Waals surface area contributed by atoms with E-state index in [1.54, 1.807) is 61.5 Å². The first kappa shape index (κ1) is 28.4. The van der Waals surface area contributed by atoms with Gasteiger partial charge in [-0.15, -0.1) is 0 Å². The summed E-state index contributed by atoms with van der Waals surface area (Å²) >= 11 is 0. The molecule has 0 radical (unpaired) electrons. The molecule has 7 nitrogen and oxygen atoms in total. The Balaban J connectivity index is 1.64. The van der Waals surface area contributed by atoms with E-state index in [2.05, 4.69) is 5.32 Å². The highest BCUT2D eigenvalue weighted by Gasteiger charge is 2.33. The number of anilines is 1. The lowest BCUT2D eigenvalue weighted by Crippen LogP contribution is -2.53. The van der Waals surface area contributed by atoms with Crippen LogP contribution in [0.1, 0.15) is 50.2 Å². The maximum absolute atomic E-state index is 13.9. The molecule has 39 heavy (non-hydrogen) atoms. The first-order chi connectivity index (χ1) is 18.8. The molecule has 1 aliphatic carbocycles. The molecule has 3 aromatic carbocycles. The molecule has 3 aromatic rings. The smallest absolute Gasteiger partial charge is 0.264 e. The van der Waals surface area contributed by atoms with Gasteiger partial charge in [-0.1, -0.05) is 85.5 Å². The van der Waals surface area contributed by atoms with Crippen LogP contribution in [0.25, 0.3) is 0 Å². The lowest BCUT2D eigenvalue weighted by Gasteiger charge is -2.33. The molecule has 0 saturated heterocycles. The van der Waals surface area contributed by atoms with Crippen molar-refractivity contribution in [3.8, 4) is 0 Å². The van der Waals surface area contributed by atoms with Crippen LogP contribution >= 0.6 is 0 Å². The Morgan fingerprint density at radius 2 is 1.46 bits per heavy atom. The number of hydrogen-bond acceptors (Lipinski definition) is 4. The highest BCUT2D eigenvalue weighted by atomic mass is 32.2. The molecule has 0 aliphatic heterocycles. The van der Waals surface area contributed by atoms with E-state index in [9.17, 15) is 18.0 Å². The molecule has 1 aliphatic rings. The van der Waals surface area contributed by atoms with E-state index >= 15 is 0 Å². The molecule has 1 N–H and O–H groups in total. The van der Waals surface area contributed by atoms with Gasteiger partial charge in [-0.25, -0.2) is 8.42 Å². The van der Waals surface area contributed by atoms with Crippen molar-refractivity contribution in [3.63, 3.8) is 0 Å². The van der Waals surface area contributed by atoms with Crippen molar-refractivity contribution in [1.82, 2.24) is 10.2 Å². The number of benzene rings is 3. The number of amides is 2. The summed E-state index contributed by atoms with van der Waals surface area (Å²) in [5.41, 5.74) is 2.17. The minimum absolute atomic E-state index is 0.0995. The number of para-hydroxylation sites is 1. The van der Waals surface area contributed by atoms with Gasteiger partial charge in [0.05, 0.1) is 10.6 Å². The summed E-state index contributed by atoms with van der Waals surface area (Å²) in [4.78, 5) is 28.8. The van der Waals surface area contributed by atoms with Gasteiger partial charge in [0.15, 0.2) is 0 Å². The highest BCUT2D eigenvalue weighted by Crippen LogP contribution is 2.25. The minimum atomic E-state index is -4.06. The summed E-state index contributed by atoms with van der Waals surface area (Å²) in [5, 5.41) is 3.12. The van der Waals surface area contributed by atoms with E-state index in [-0.39, 0.29) is 23.4 Å². The Labute approximate surface area is 231 Å². The Morgan fingerprint density at radius 3 is 2.08 bits per heavy atom. The Kier molecular flexibility index (Phi) is 9.41. The molecule has 1 atom stereocenters. The van der Waals surface area contributed by atoms with Gasteiger partial charge < -0.3 is 10.2 Å². The van der Waals surface area contributed by atoms with Crippen LogP contribution in [0.2, 0.25) is 0 Å². The number of hydrogen-bond donors (Lipinski definition) is 1. The first-order valence-corrected chi connectivity index (χ1v) is 15.0. The van der Waals surface area contributed by atoms with Crippen LogP contribution in [0.4, 0.5) is 5.69 Å². The fraction of sp³-hybridized carbons (Fsp3) is 0.355. The number of nitrogens with one attached hydrogen (secondary N) is 1. The van der Waals surface area contributed by atoms with Crippen molar-refractivity contribution in [2.75, 3.05) is 10.8 Å². The lowest BCUT2D eigenvalue weighted by molar-refractivity contribution is -0.139. The number of carbonyl (C=O) groups excluding carboxylic acids is 2. The second kappa shape index (κ2) is 12.9. The van der Waals surface area contributed by atoms with Crippen LogP contribution < -0.4 is 9.62 Å². The highest BCUT2D eigenvalue weighted by molar-refractivity contribution is 7.92. The third kappa shape index (κ3) is 7.26. The quantitative estimate of drug-likeness (QED) is 0.385. The first-order valence-electron chi connectivity index (χ1n) is 13.5. The molecule has 2 amide bonds. The number of rotatable bonds is 10. The second-order valence-corrected chi connectivity index (χ2v) is 12.0. The fourth-order valence-corrected chi connectivity index (χ4v) is 6.31. The topological polar surface area (TPSA) is 86.8 Å². The zero-order chi connectivity index (χ0) is 27.8. The lowest BCUT2D eigenvalue weighted by atomic mass is 9.95. The van der Waals surface area contributed by atoms with Crippen LogP contribution in [-0.4, -0.2) is 43.8 Å². The third-order valence-electron chi connectivity index (χ3n) is 7.25. The zero-order valence-electron chi connectivity index (χ0n) is 22.6. The normalized spacial score (nSPS) is 14.8. The van der Waals surface area contributed by atoms with Gasteiger partial charge in [-0.2, -0.15) is 0 Å². The van der Waals surface area contributed by atoms with Crippen molar-refractivity contribution in [3.05, 3.63) is 96.1 Å². The summed E-state index contributed by atoms with van der Waals surface area (Å²) < 4.78 is 28.7. The number of nitrogens with zero attached hydrogens (tertiary/aromatic N) is 2. The van der Waals surface area contributed by atoms with Gasteiger partial charge in [-0.3, -0.25) is 13.9 Å². The van der Waals surface area contributed by atoms with Crippen LogP contribution in [-0.2, 0) is 26.2 Å². The summed E-state index contributed by atoms with van der Waals surface area (Å²) in [6.07, 6.45) is 5.19. The van der Waals surface area contributed by atoms with Crippen molar-refractivity contribution in [2.24, 2.45) is 0 Å². The zero-order valence-corrected chi connectivity index (χ0v) is 23.4. The average Bonchev–Trinajstić information content (AvgIpc) is 2.96. The molecule has 1 fully saturated rings. The molecule has 0 spiro atoms. The molecule has 0 bridgehead atoms. The Hall–Kier alpha value is -3.65. The van der Waals surface area contributed by atoms with E-state index in [4.69, 9.17) is 0 Å². The maximum Gasteiger partial charge on any atom is 0.264 e. The molecule has 206 valence electrons. The molecular formula is C31H37N3O4S. The summed E-state index contributed by atoms with van der Waals surface area (Å²) in [5.74, 6) is -0.677. The van der Waals surface area contributed by atoms with Gasteiger partial charge in [0.1, 0.15) is 12.6 Å². The number of carbonyl (C=O) groups is 2. The Morgan fingerprint density at radius 1 is 0.872 bits per heavy atom. The summed E-state index contributed by atoms with van der Waals surface area (Å²) in [6, 6.07) is 23.9. The predicted octanol–water partition coefficient (Wildman–Crippen LogP) is 5.06. The van der Waals surface area contributed by atoms with Crippen molar-refractivity contribution < 1.29 is 18.0 Å². The largest absolute Gasteiger partial charge is 0.352 e. The monoisotopic (exact) mass is 547 g/mol. The average molecular weight is 548 g/mol. The van der Waals surface area contributed by atoms with E-state index in [0.717, 1.165) is 41.1 Å². The van der Waals surface area contributed by atoms with Gasteiger partial charge in [0.2, 0.25) is 11.8 Å². The molecule has 8 heteroatoms. The summed E-state index contributed by atoms with van der Waals surface area (Å²) in [7, 11) is -4.06. The molecule has 0 aromatic heterocycles. The van der Waals surface area contributed by atoms with Gasteiger partial charge >= 0.3 is 0 Å². The van der Waals surface area contributed by atoms with E-state index in [1.807, 2.05) is 37.3 Å². The predicted molar refractivity (Wildman–Crippen MR) is 154 cm³/mol. The van der Waals surface area contributed by atoms with Crippen LogP contribution in [0.5, 0.6) is 0 Å². The number of aryl methyl sites for hydroxylation is 1. The fourth-order valence-electron chi connectivity index (χ4n) is 4.89. The molecule has 0 unspecified atom stereocenters. The van der Waals surface area contributed by atoms with Crippen molar-refractivity contribution in [1.29, 1.82) is 0 Å². The summed E-state index contributed by atoms with van der Waals surface area (Å²) in [6.45, 7) is 3.34. The third-order valence-corrected chi connectivity index (χ3v) is 9.03. The number of sulfonamides is 1. The van der Waals surface area contributed by atoms with Crippen molar-refractivity contribution in [2.45, 2.75) is 69.5 Å². The van der Waals surface area contributed by atoms with E-state index in [0.29, 0.717) is 5.69 Å². The minimum Gasteiger partial charge on any atom is -0.352 e. The Bertz CT molecular complexity index is 1340. The van der Waals surface area contributed by atoms with Gasteiger partial charge in [-0.05, 0) is 56.5 Å². The van der Waals surface area contributed by atoms with Gasteiger partial charge in [0, 0.05) is 12.6 Å². The SMILES string of the molecule is Cc1ccc(S(=O)(=O)N(CC(=O)N(Cc2ccccc2)[C@@H](C)C(=O)NC2CCCCC2)c2ccccc2)cc1. The van der Waals surface area contributed by atoms with Crippen molar-refractivity contribution >= 4 is 27.5 Å². The van der Waals surface area contributed by atoms with Gasteiger partial charge in [0.25, 0.3) is 10.0 Å². The maximum atomic E-state index is 13.9. The molecule has 4 rings (SSSR count). The standard InChI is InChI=1S/C31H37N3O4S/c1-24-18-20-29(21-19-24)39(37,38)34(28-16-10-5-11-17-28)23-30(35)33(22-26-12-6-3-7-13-26)25(2)31(36)32-27-14-8-4-9-15-27/h3,5-7,10-13,16-21,25,27H,4,8-9,14-15,22-23H2,1-2H3,(H,32,36)/t25-/m0/s1. The van der Waals surface area contributed by atoms with E-state index in [1.165, 1.54) is 11.3 Å². The molecular weight excluding hydrogens is 510 g/mol. The molecule has 1 saturated carbocycles. The second-order valence-electron chi connectivity index (χ2n) is 10.2. The van der Waals surface area contributed by atoms with Crippen LogP contribution in [0, 0.1) is 6.92 Å². The molecule has 0 heterocycles.